The fourth-order valence-corrected chi connectivity index (χ4v) is 2.57. The van der Waals surface area contributed by atoms with E-state index in [-0.39, 0.29) is 11.9 Å². The minimum atomic E-state index is -0.277. The number of benzene rings is 1. The van der Waals surface area contributed by atoms with Gasteiger partial charge in [0, 0.05) is 12.4 Å². The molecule has 0 aliphatic rings. The summed E-state index contributed by atoms with van der Waals surface area (Å²) in [5.41, 5.74) is 4.25. The number of aryl methyl sites for hydroxylation is 2. The minimum absolute atomic E-state index is 0.246. The van der Waals surface area contributed by atoms with E-state index in [1.807, 2.05) is 26.0 Å². The molecule has 1 N–H and O–H groups in total. The quantitative estimate of drug-likeness (QED) is 0.797. The summed E-state index contributed by atoms with van der Waals surface area (Å²) < 4.78 is 5.19. The molecule has 116 valence electrons. The number of pyridine rings is 1. The van der Waals surface area contributed by atoms with E-state index in [1.165, 1.54) is 6.26 Å². The van der Waals surface area contributed by atoms with E-state index in [0.29, 0.717) is 5.76 Å². The van der Waals surface area contributed by atoms with Crippen molar-refractivity contribution >= 4 is 5.91 Å². The molecular formula is C19H18N2O2. The second kappa shape index (κ2) is 6.48. The average molecular weight is 306 g/mol. The van der Waals surface area contributed by atoms with Crippen molar-refractivity contribution in [3.8, 4) is 0 Å². The Morgan fingerprint density at radius 1 is 1.17 bits per heavy atom. The van der Waals surface area contributed by atoms with E-state index < -0.39 is 0 Å². The molecule has 3 aromatic rings. The molecule has 0 saturated heterocycles. The third-order valence-corrected chi connectivity index (χ3v) is 3.78. The van der Waals surface area contributed by atoms with Gasteiger partial charge in [0.05, 0.1) is 12.3 Å². The number of nitrogens with zero attached hydrogens (tertiary/aromatic N) is 1. The van der Waals surface area contributed by atoms with Gasteiger partial charge in [-0.2, -0.15) is 0 Å². The molecule has 0 saturated carbocycles. The van der Waals surface area contributed by atoms with Gasteiger partial charge in [0.25, 0.3) is 5.91 Å². The Balaban J connectivity index is 2.00. The van der Waals surface area contributed by atoms with Crippen LogP contribution < -0.4 is 5.32 Å². The van der Waals surface area contributed by atoms with Crippen LogP contribution in [0, 0.1) is 13.8 Å². The Bertz CT molecular complexity index is 796. The number of rotatable bonds is 4. The van der Waals surface area contributed by atoms with Gasteiger partial charge in [-0.25, -0.2) is 0 Å². The summed E-state index contributed by atoms with van der Waals surface area (Å²) in [5, 5.41) is 3.05. The van der Waals surface area contributed by atoms with Crippen molar-refractivity contribution in [2.24, 2.45) is 0 Å². The first-order valence-electron chi connectivity index (χ1n) is 7.46. The molecule has 2 heterocycles. The van der Waals surface area contributed by atoms with Crippen LogP contribution in [0.2, 0.25) is 0 Å². The second-order valence-corrected chi connectivity index (χ2v) is 5.53. The third kappa shape index (κ3) is 3.31. The lowest BCUT2D eigenvalue weighted by Crippen LogP contribution is -2.29. The molecule has 3 rings (SSSR count). The number of carbonyl (C=O) groups is 1. The molecule has 4 nitrogen and oxygen atoms in total. The van der Waals surface area contributed by atoms with Gasteiger partial charge in [0.2, 0.25) is 0 Å². The smallest absolute Gasteiger partial charge is 0.287 e. The predicted molar refractivity (Wildman–Crippen MR) is 88.2 cm³/mol. The maximum Gasteiger partial charge on any atom is 0.287 e. The van der Waals surface area contributed by atoms with Crippen molar-refractivity contribution in [1.29, 1.82) is 0 Å². The van der Waals surface area contributed by atoms with Crippen molar-refractivity contribution in [3.63, 3.8) is 0 Å². The van der Waals surface area contributed by atoms with Crippen molar-refractivity contribution in [2.75, 3.05) is 0 Å². The molecule has 1 atom stereocenters. The molecule has 1 aromatic carbocycles. The Hall–Kier alpha value is -2.88. The Kier molecular flexibility index (Phi) is 4.24. The summed E-state index contributed by atoms with van der Waals surface area (Å²) in [4.78, 5) is 16.6. The summed E-state index contributed by atoms with van der Waals surface area (Å²) in [6.45, 7) is 4.08. The summed E-state index contributed by atoms with van der Waals surface area (Å²) >= 11 is 0. The highest BCUT2D eigenvalue weighted by Crippen LogP contribution is 2.26. The lowest BCUT2D eigenvalue weighted by molar-refractivity contribution is 0.0915. The highest BCUT2D eigenvalue weighted by Gasteiger charge is 2.21. The lowest BCUT2D eigenvalue weighted by atomic mass is 9.94. The Labute approximate surface area is 135 Å². The van der Waals surface area contributed by atoms with Gasteiger partial charge in [-0.1, -0.05) is 29.8 Å². The first-order chi connectivity index (χ1) is 11.1. The van der Waals surface area contributed by atoms with E-state index >= 15 is 0 Å². The summed E-state index contributed by atoms with van der Waals surface area (Å²) in [5.74, 6) is 0.0500. The van der Waals surface area contributed by atoms with Gasteiger partial charge in [-0.05, 0) is 48.7 Å². The number of aromatic nitrogens is 1. The van der Waals surface area contributed by atoms with Gasteiger partial charge in [-0.3, -0.25) is 9.78 Å². The lowest BCUT2D eigenvalue weighted by Gasteiger charge is -2.21. The summed E-state index contributed by atoms with van der Waals surface area (Å²) in [6, 6.07) is 13.1. The highest BCUT2D eigenvalue weighted by atomic mass is 16.3. The van der Waals surface area contributed by atoms with Crippen molar-refractivity contribution in [3.05, 3.63) is 89.1 Å². The van der Waals surface area contributed by atoms with Crippen molar-refractivity contribution in [2.45, 2.75) is 19.9 Å². The van der Waals surface area contributed by atoms with E-state index in [0.717, 1.165) is 22.3 Å². The fourth-order valence-electron chi connectivity index (χ4n) is 2.57. The average Bonchev–Trinajstić information content (AvgIpc) is 3.10. The summed E-state index contributed by atoms with van der Waals surface area (Å²) in [7, 11) is 0. The zero-order valence-electron chi connectivity index (χ0n) is 13.1. The number of nitrogens with one attached hydrogen (secondary N) is 1. The summed E-state index contributed by atoms with van der Waals surface area (Å²) in [6.07, 6.45) is 4.98. The topological polar surface area (TPSA) is 55.1 Å². The zero-order chi connectivity index (χ0) is 16.2. The Morgan fingerprint density at radius 3 is 2.74 bits per heavy atom. The van der Waals surface area contributed by atoms with Gasteiger partial charge in [-0.15, -0.1) is 0 Å². The van der Waals surface area contributed by atoms with Gasteiger partial charge in [0.1, 0.15) is 0 Å². The molecule has 0 aliphatic carbocycles. The number of hydrogen-bond donors (Lipinski definition) is 1. The molecule has 2 aromatic heterocycles. The van der Waals surface area contributed by atoms with Gasteiger partial charge < -0.3 is 9.73 Å². The van der Waals surface area contributed by atoms with Crippen LogP contribution in [0.3, 0.4) is 0 Å². The van der Waals surface area contributed by atoms with E-state index in [4.69, 9.17) is 4.42 Å². The van der Waals surface area contributed by atoms with Crippen LogP contribution >= 0.6 is 0 Å². The molecule has 4 heteroatoms. The predicted octanol–water partition coefficient (Wildman–Crippen LogP) is 3.81. The maximum absolute atomic E-state index is 12.4. The van der Waals surface area contributed by atoms with Crippen LogP contribution in [0.5, 0.6) is 0 Å². The SMILES string of the molecule is Cc1ccc(C)c([C@@H](NC(=O)c2ccco2)c2cccnc2)c1. The fraction of sp³-hybridized carbons (Fsp3) is 0.158. The van der Waals surface area contributed by atoms with Crippen LogP contribution in [0.4, 0.5) is 0 Å². The zero-order valence-corrected chi connectivity index (χ0v) is 13.1. The molecule has 0 unspecified atom stereocenters. The van der Waals surface area contributed by atoms with Crippen LogP contribution in [0.15, 0.2) is 65.5 Å². The maximum atomic E-state index is 12.4. The Morgan fingerprint density at radius 2 is 2.04 bits per heavy atom. The van der Waals surface area contributed by atoms with E-state index in [9.17, 15) is 4.79 Å². The van der Waals surface area contributed by atoms with E-state index in [1.54, 1.807) is 24.5 Å². The largest absolute Gasteiger partial charge is 0.459 e. The van der Waals surface area contributed by atoms with Crippen molar-refractivity contribution < 1.29 is 9.21 Å². The molecule has 0 fully saturated rings. The number of carbonyl (C=O) groups excluding carboxylic acids is 1. The first kappa shape index (κ1) is 15.0. The second-order valence-electron chi connectivity index (χ2n) is 5.53. The molecular weight excluding hydrogens is 288 g/mol. The van der Waals surface area contributed by atoms with Gasteiger partial charge in [0.15, 0.2) is 5.76 Å². The van der Waals surface area contributed by atoms with Crippen LogP contribution in [-0.4, -0.2) is 10.9 Å². The molecule has 0 spiro atoms. The van der Waals surface area contributed by atoms with Crippen LogP contribution in [0.25, 0.3) is 0 Å². The minimum Gasteiger partial charge on any atom is -0.459 e. The molecule has 0 aliphatic heterocycles. The first-order valence-corrected chi connectivity index (χ1v) is 7.46. The standard InChI is InChI=1S/C19H18N2O2/c1-13-7-8-14(2)16(11-13)18(15-5-3-9-20-12-15)21-19(22)17-6-4-10-23-17/h3-12,18H,1-2H3,(H,21,22)/t18-/m0/s1. The monoisotopic (exact) mass is 306 g/mol. The number of hydrogen-bond acceptors (Lipinski definition) is 3. The van der Waals surface area contributed by atoms with Gasteiger partial charge >= 0.3 is 0 Å². The van der Waals surface area contributed by atoms with Crippen LogP contribution in [0.1, 0.15) is 38.9 Å². The molecule has 23 heavy (non-hydrogen) atoms. The highest BCUT2D eigenvalue weighted by molar-refractivity contribution is 5.92. The molecule has 0 radical (unpaired) electrons. The normalized spacial score (nSPS) is 11.9. The number of amides is 1. The molecule has 1 amide bonds. The van der Waals surface area contributed by atoms with Crippen molar-refractivity contribution in [1.82, 2.24) is 10.3 Å². The number of furan rings is 1. The van der Waals surface area contributed by atoms with Crippen LogP contribution in [-0.2, 0) is 0 Å². The third-order valence-electron chi connectivity index (χ3n) is 3.78. The molecule has 0 bridgehead atoms. The van der Waals surface area contributed by atoms with E-state index in [2.05, 4.69) is 28.5 Å².